The number of hydrogen-bond donors (Lipinski definition) is 1. The van der Waals surface area contributed by atoms with Crippen molar-refractivity contribution in [3.05, 3.63) is 53.7 Å². The second kappa shape index (κ2) is 9.16. The number of carbonyl (C=O) groups excluding carboxylic acids is 2. The van der Waals surface area contributed by atoms with Gasteiger partial charge in [-0.1, -0.05) is 6.07 Å². The molecule has 0 aliphatic rings. The number of carbonyl (C=O) groups is 2. The van der Waals surface area contributed by atoms with Crippen molar-refractivity contribution in [1.82, 2.24) is 9.97 Å². The minimum absolute atomic E-state index is 0.126. The van der Waals surface area contributed by atoms with Gasteiger partial charge in [0.1, 0.15) is 5.01 Å². The van der Waals surface area contributed by atoms with E-state index >= 15 is 0 Å². The lowest BCUT2D eigenvalue weighted by Crippen LogP contribution is -2.30. The molecule has 0 spiro atoms. The van der Waals surface area contributed by atoms with Crippen LogP contribution >= 0.6 is 11.3 Å². The summed E-state index contributed by atoms with van der Waals surface area (Å²) in [6, 6.07) is 10.4. The molecule has 0 saturated carbocycles. The van der Waals surface area contributed by atoms with Crippen LogP contribution in [0.5, 0.6) is 11.5 Å². The van der Waals surface area contributed by atoms with Gasteiger partial charge in [-0.3, -0.25) is 9.78 Å². The maximum Gasteiger partial charge on any atom is 0.358 e. The highest BCUT2D eigenvalue weighted by atomic mass is 32.1. The number of benzene rings is 1. The number of anilines is 1. The zero-order valence-electron chi connectivity index (χ0n) is 16.0. The normalized spacial score (nSPS) is 11.4. The summed E-state index contributed by atoms with van der Waals surface area (Å²) < 4.78 is 15.6. The van der Waals surface area contributed by atoms with Crippen molar-refractivity contribution in [3.63, 3.8) is 0 Å². The number of thiazole rings is 1. The van der Waals surface area contributed by atoms with E-state index in [1.165, 1.54) is 32.5 Å². The maximum atomic E-state index is 12.4. The first-order chi connectivity index (χ1) is 14.0. The zero-order chi connectivity index (χ0) is 20.8. The fourth-order valence-electron chi connectivity index (χ4n) is 2.41. The van der Waals surface area contributed by atoms with Crippen LogP contribution in [0.25, 0.3) is 10.7 Å². The molecule has 8 nitrogen and oxygen atoms in total. The molecule has 150 valence electrons. The molecule has 0 bridgehead atoms. The zero-order valence-corrected chi connectivity index (χ0v) is 16.9. The van der Waals surface area contributed by atoms with E-state index < -0.39 is 18.0 Å². The van der Waals surface area contributed by atoms with E-state index in [9.17, 15) is 9.59 Å². The molecule has 1 N–H and O–H groups in total. The summed E-state index contributed by atoms with van der Waals surface area (Å²) >= 11 is 1.28. The summed E-state index contributed by atoms with van der Waals surface area (Å²) in [5, 5.41) is 4.85. The quantitative estimate of drug-likeness (QED) is 0.593. The Kier molecular flexibility index (Phi) is 6.40. The molecule has 0 saturated heterocycles. The van der Waals surface area contributed by atoms with Gasteiger partial charge in [-0.15, -0.1) is 11.3 Å². The van der Waals surface area contributed by atoms with Crippen molar-refractivity contribution in [3.8, 4) is 22.2 Å². The van der Waals surface area contributed by atoms with Crippen LogP contribution in [0.2, 0.25) is 0 Å². The van der Waals surface area contributed by atoms with E-state index in [4.69, 9.17) is 14.2 Å². The molecule has 9 heteroatoms. The molecule has 0 fully saturated rings. The van der Waals surface area contributed by atoms with Gasteiger partial charge in [0.2, 0.25) is 0 Å². The molecule has 1 amide bonds. The Labute approximate surface area is 171 Å². The Morgan fingerprint density at radius 3 is 2.59 bits per heavy atom. The first-order valence-corrected chi connectivity index (χ1v) is 9.50. The van der Waals surface area contributed by atoms with Crippen molar-refractivity contribution >= 4 is 28.9 Å². The number of esters is 1. The molecule has 2 heterocycles. The number of methoxy groups -OCH3 is 2. The number of nitrogens with zero attached hydrogens (tertiary/aromatic N) is 2. The lowest BCUT2D eigenvalue weighted by Gasteiger charge is -2.14. The maximum absolute atomic E-state index is 12.4. The fourth-order valence-corrected chi connectivity index (χ4v) is 3.17. The van der Waals surface area contributed by atoms with Crippen molar-refractivity contribution in [1.29, 1.82) is 0 Å². The molecular weight excluding hydrogens is 394 g/mol. The molecule has 29 heavy (non-hydrogen) atoms. The van der Waals surface area contributed by atoms with E-state index in [0.29, 0.717) is 27.9 Å². The standard InChI is InChI=1S/C20H19N3O5S/c1-12(18(24)22-13-7-8-16(26-2)17(10-13)27-3)28-20(25)15-11-29-19(23-15)14-6-4-5-9-21-14/h4-12H,1-3H3,(H,22,24)/t12-/m0/s1. The summed E-state index contributed by atoms with van der Waals surface area (Å²) in [4.78, 5) is 33.1. The van der Waals surface area contributed by atoms with Crippen LogP contribution in [0.3, 0.4) is 0 Å². The van der Waals surface area contributed by atoms with Gasteiger partial charge < -0.3 is 19.5 Å². The minimum Gasteiger partial charge on any atom is -0.493 e. The van der Waals surface area contributed by atoms with E-state index in [1.54, 1.807) is 41.9 Å². The predicted octanol–water partition coefficient (Wildman–Crippen LogP) is 3.41. The Bertz CT molecular complexity index is 1010. The smallest absolute Gasteiger partial charge is 0.358 e. The van der Waals surface area contributed by atoms with E-state index in [2.05, 4.69) is 15.3 Å². The molecule has 1 aromatic carbocycles. The van der Waals surface area contributed by atoms with Gasteiger partial charge >= 0.3 is 5.97 Å². The van der Waals surface area contributed by atoms with Crippen LogP contribution < -0.4 is 14.8 Å². The van der Waals surface area contributed by atoms with Crippen molar-refractivity contribution < 1.29 is 23.8 Å². The number of ether oxygens (including phenoxy) is 3. The number of nitrogens with one attached hydrogen (secondary N) is 1. The third-order valence-corrected chi connectivity index (χ3v) is 4.77. The van der Waals surface area contributed by atoms with Gasteiger partial charge in [-0.05, 0) is 31.2 Å². The highest BCUT2D eigenvalue weighted by Gasteiger charge is 2.21. The van der Waals surface area contributed by atoms with Gasteiger partial charge in [0.15, 0.2) is 23.3 Å². The molecule has 3 aromatic rings. The summed E-state index contributed by atoms with van der Waals surface area (Å²) in [5.74, 6) is -0.152. The second-order valence-corrected chi connectivity index (χ2v) is 6.72. The molecule has 0 unspecified atom stereocenters. The number of hydrogen-bond acceptors (Lipinski definition) is 8. The molecule has 3 rings (SSSR count). The molecule has 0 radical (unpaired) electrons. The lowest BCUT2D eigenvalue weighted by molar-refractivity contribution is -0.123. The average molecular weight is 413 g/mol. The Morgan fingerprint density at radius 1 is 1.10 bits per heavy atom. The van der Waals surface area contributed by atoms with Crippen molar-refractivity contribution in [2.45, 2.75) is 13.0 Å². The van der Waals surface area contributed by atoms with E-state index in [1.807, 2.05) is 6.07 Å². The minimum atomic E-state index is -1.02. The summed E-state index contributed by atoms with van der Waals surface area (Å²) in [6.07, 6.45) is 0.630. The first kappa shape index (κ1) is 20.3. The van der Waals surface area contributed by atoms with Crippen molar-refractivity contribution in [2.24, 2.45) is 0 Å². The molecule has 0 aliphatic heterocycles. The number of pyridine rings is 1. The van der Waals surface area contributed by atoms with Crippen LogP contribution in [-0.4, -0.2) is 42.2 Å². The molecular formula is C20H19N3O5S. The van der Waals surface area contributed by atoms with Gasteiger partial charge in [0, 0.05) is 23.3 Å². The van der Waals surface area contributed by atoms with Crippen LogP contribution in [0.4, 0.5) is 5.69 Å². The number of aromatic nitrogens is 2. The van der Waals surface area contributed by atoms with E-state index in [-0.39, 0.29) is 5.69 Å². The molecule has 2 aromatic heterocycles. The molecule has 0 aliphatic carbocycles. The van der Waals surface area contributed by atoms with Gasteiger partial charge in [0.05, 0.1) is 19.9 Å². The van der Waals surface area contributed by atoms with Gasteiger partial charge in [0.25, 0.3) is 5.91 Å². The fraction of sp³-hybridized carbons (Fsp3) is 0.200. The lowest BCUT2D eigenvalue weighted by atomic mass is 10.2. The van der Waals surface area contributed by atoms with Crippen molar-refractivity contribution in [2.75, 3.05) is 19.5 Å². The third-order valence-electron chi connectivity index (χ3n) is 3.90. The SMILES string of the molecule is COc1ccc(NC(=O)[C@H](C)OC(=O)c2csc(-c3ccccn3)n2)cc1OC. The second-order valence-electron chi connectivity index (χ2n) is 5.86. The highest BCUT2D eigenvalue weighted by Crippen LogP contribution is 2.29. The third kappa shape index (κ3) is 4.88. The van der Waals surface area contributed by atoms with E-state index in [0.717, 1.165) is 0 Å². The summed E-state index contributed by atoms with van der Waals surface area (Å²) in [6.45, 7) is 1.49. The van der Waals surface area contributed by atoms with Crippen LogP contribution in [0.1, 0.15) is 17.4 Å². The highest BCUT2D eigenvalue weighted by molar-refractivity contribution is 7.13. The Morgan fingerprint density at radius 2 is 1.90 bits per heavy atom. The monoisotopic (exact) mass is 413 g/mol. The summed E-state index contributed by atoms with van der Waals surface area (Å²) in [5.41, 5.74) is 1.28. The summed E-state index contributed by atoms with van der Waals surface area (Å²) in [7, 11) is 3.02. The number of rotatable bonds is 7. The number of amides is 1. The molecule has 1 atom stereocenters. The largest absolute Gasteiger partial charge is 0.493 e. The van der Waals surface area contributed by atoms with Crippen LogP contribution in [-0.2, 0) is 9.53 Å². The average Bonchev–Trinajstić information content (AvgIpc) is 3.24. The predicted molar refractivity (Wildman–Crippen MR) is 108 cm³/mol. The van der Waals surface area contributed by atoms with Gasteiger partial charge in [-0.2, -0.15) is 0 Å². The Balaban J connectivity index is 1.62. The van der Waals surface area contributed by atoms with Crippen LogP contribution in [0, 0.1) is 0 Å². The van der Waals surface area contributed by atoms with Gasteiger partial charge in [-0.25, -0.2) is 9.78 Å². The van der Waals surface area contributed by atoms with Crippen LogP contribution in [0.15, 0.2) is 48.0 Å². The topological polar surface area (TPSA) is 99.6 Å². The first-order valence-electron chi connectivity index (χ1n) is 8.62. The Hall–Kier alpha value is -3.46.